The number of pyridine rings is 1. The van der Waals surface area contributed by atoms with Crippen LogP contribution in [0.3, 0.4) is 0 Å². The zero-order valence-electron chi connectivity index (χ0n) is 14.5. The predicted molar refractivity (Wildman–Crippen MR) is 95.4 cm³/mol. The third-order valence-electron chi connectivity index (χ3n) is 4.74. The van der Waals surface area contributed by atoms with Crippen molar-refractivity contribution in [2.24, 2.45) is 0 Å². The van der Waals surface area contributed by atoms with Crippen LogP contribution < -0.4 is 10.1 Å². The molecule has 1 heterocycles. The van der Waals surface area contributed by atoms with Crippen molar-refractivity contribution in [1.82, 2.24) is 10.3 Å². The maximum absolute atomic E-state index is 12.4. The first-order valence-electron chi connectivity index (χ1n) is 8.73. The van der Waals surface area contributed by atoms with Gasteiger partial charge in [0.15, 0.2) is 0 Å². The summed E-state index contributed by atoms with van der Waals surface area (Å²) in [5.74, 6) is 1.28. The minimum Gasteiger partial charge on any atom is -0.468 e. The summed E-state index contributed by atoms with van der Waals surface area (Å²) in [6.45, 7) is 0.547. The fourth-order valence-electron chi connectivity index (χ4n) is 3.35. The van der Waals surface area contributed by atoms with E-state index < -0.39 is 5.54 Å². The molecule has 1 aromatic carbocycles. The SMILES string of the molecule is COC(=O)C1(NCc2ccccc2Oc2cccnc2)CCCCC1. The minimum absolute atomic E-state index is 0.169. The number of ether oxygens (including phenoxy) is 2. The molecule has 0 saturated heterocycles. The first-order valence-corrected chi connectivity index (χ1v) is 8.73. The van der Waals surface area contributed by atoms with E-state index in [4.69, 9.17) is 9.47 Å². The van der Waals surface area contributed by atoms with Crippen LogP contribution in [0.4, 0.5) is 0 Å². The highest BCUT2D eigenvalue weighted by atomic mass is 16.5. The average molecular weight is 340 g/mol. The van der Waals surface area contributed by atoms with Gasteiger partial charge in [-0.05, 0) is 31.0 Å². The van der Waals surface area contributed by atoms with Crippen LogP contribution >= 0.6 is 0 Å². The van der Waals surface area contributed by atoms with E-state index in [1.165, 1.54) is 13.5 Å². The van der Waals surface area contributed by atoms with Crippen molar-refractivity contribution in [3.8, 4) is 11.5 Å². The van der Waals surface area contributed by atoms with Gasteiger partial charge in [-0.2, -0.15) is 0 Å². The van der Waals surface area contributed by atoms with Gasteiger partial charge in [-0.1, -0.05) is 37.5 Å². The molecular weight excluding hydrogens is 316 g/mol. The summed E-state index contributed by atoms with van der Waals surface area (Å²) in [5, 5.41) is 3.46. The Morgan fingerprint density at radius 1 is 1.16 bits per heavy atom. The molecule has 0 aliphatic heterocycles. The van der Waals surface area contributed by atoms with Crippen LogP contribution in [-0.2, 0) is 16.1 Å². The Morgan fingerprint density at radius 3 is 2.68 bits per heavy atom. The number of carbonyl (C=O) groups is 1. The van der Waals surface area contributed by atoms with Crippen LogP contribution in [0.1, 0.15) is 37.7 Å². The van der Waals surface area contributed by atoms with Gasteiger partial charge in [0.1, 0.15) is 17.0 Å². The Kier molecular flexibility index (Phi) is 5.66. The van der Waals surface area contributed by atoms with Crippen molar-refractivity contribution < 1.29 is 14.3 Å². The van der Waals surface area contributed by atoms with Gasteiger partial charge in [0.2, 0.25) is 0 Å². The molecule has 1 fully saturated rings. The van der Waals surface area contributed by atoms with Gasteiger partial charge in [-0.15, -0.1) is 0 Å². The van der Waals surface area contributed by atoms with Gasteiger partial charge in [0, 0.05) is 18.3 Å². The maximum Gasteiger partial charge on any atom is 0.326 e. The van der Waals surface area contributed by atoms with Crippen LogP contribution in [0.15, 0.2) is 48.8 Å². The molecule has 1 aliphatic carbocycles. The Morgan fingerprint density at radius 2 is 1.96 bits per heavy atom. The minimum atomic E-state index is -0.589. The van der Waals surface area contributed by atoms with E-state index in [1.807, 2.05) is 36.4 Å². The van der Waals surface area contributed by atoms with Crippen molar-refractivity contribution in [2.45, 2.75) is 44.2 Å². The van der Waals surface area contributed by atoms with E-state index in [-0.39, 0.29) is 5.97 Å². The van der Waals surface area contributed by atoms with Gasteiger partial charge in [-0.25, -0.2) is 0 Å². The fourth-order valence-corrected chi connectivity index (χ4v) is 3.35. The molecule has 1 saturated carbocycles. The highest BCUT2D eigenvalue weighted by Crippen LogP contribution is 2.31. The standard InChI is InChI=1S/C20H24N2O3/c1-24-19(23)20(11-5-2-6-12-20)22-14-16-8-3-4-10-18(16)25-17-9-7-13-21-15-17/h3-4,7-10,13,15,22H,2,5-6,11-12,14H2,1H3. The number of carbonyl (C=O) groups excluding carboxylic acids is 1. The molecule has 0 amide bonds. The zero-order valence-corrected chi connectivity index (χ0v) is 14.5. The largest absolute Gasteiger partial charge is 0.468 e. The summed E-state index contributed by atoms with van der Waals surface area (Å²) in [4.78, 5) is 16.4. The quantitative estimate of drug-likeness (QED) is 0.810. The second kappa shape index (κ2) is 8.12. The van der Waals surface area contributed by atoms with E-state index in [9.17, 15) is 4.79 Å². The number of rotatable bonds is 6. The van der Waals surface area contributed by atoms with Crippen molar-refractivity contribution in [2.75, 3.05) is 7.11 Å². The molecule has 0 spiro atoms. The number of esters is 1. The van der Waals surface area contributed by atoms with Gasteiger partial charge >= 0.3 is 5.97 Å². The first-order chi connectivity index (χ1) is 12.2. The summed E-state index contributed by atoms with van der Waals surface area (Å²) in [6.07, 6.45) is 8.26. The lowest BCUT2D eigenvalue weighted by molar-refractivity contribution is -0.150. The molecule has 0 bridgehead atoms. The van der Waals surface area contributed by atoms with Crippen molar-refractivity contribution >= 4 is 5.97 Å². The van der Waals surface area contributed by atoms with Crippen LogP contribution in [0.25, 0.3) is 0 Å². The fraction of sp³-hybridized carbons (Fsp3) is 0.400. The van der Waals surface area contributed by atoms with Gasteiger partial charge in [0.05, 0.1) is 13.3 Å². The molecule has 2 aromatic rings. The summed E-state index contributed by atoms with van der Waals surface area (Å²) in [7, 11) is 1.46. The lowest BCUT2D eigenvalue weighted by Crippen LogP contribution is -2.53. The van der Waals surface area contributed by atoms with Gasteiger partial charge in [0.25, 0.3) is 0 Å². The molecular formula is C20H24N2O3. The number of aromatic nitrogens is 1. The summed E-state index contributed by atoms with van der Waals surface area (Å²) >= 11 is 0. The molecule has 1 aliphatic rings. The number of para-hydroxylation sites is 1. The zero-order chi connectivity index (χ0) is 17.5. The van der Waals surface area contributed by atoms with E-state index in [2.05, 4.69) is 10.3 Å². The number of hydrogen-bond acceptors (Lipinski definition) is 5. The topological polar surface area (TPSA) is 60.5 Å². The number of nitrogens with one attached hydrogen (secondary N) is 1. The average Bonchev–Trinajstić information content (AvgIpc) is 2.68. The van der Waals surface area contributed by atoms with E-state index in [1.54, 1.807) is 12.4 Å². The second-order valence-corrected chi connectivity index (χ2v) is 6.39. The number of nitrogens with zero attached hydrogens (tertiary/aromatic N) is 1. The number of benzene rings is 1. The van der Waals surface area contributed by atoms with Crippen molar-refractivity contribution in [1.29, 1.82) is 0 Å². The molecule has 0 unspecified atom stereocenters. The molecule has 5 nitrogen and oxygen atoms in total. The Bertz CT molecular complexity index is 697. The van der Waals surface area contributed by atoms with Crippen LogP contribution in [-0.4, -0.2) is 23.6 Å². The van der Waals surface area contributed by atoms with Crippen LogP contribution in [0.5, 0.6) is 11.5 Å². The molecule has 3 rings (SSSR count). The van der Waals surface area contributed by atoms with Crippen LogP contribution in [0, 0.1) is 0 Å². The van der Waals surface area contributed by atoms with E-state index in [0.29, 0.717) is 12.3 Å². The monoisotopic (exact) mass is 340 g/mol. The Balaban J connectivity index is 1.75. The molecule has 132 valence electrons. The molecule has 25 heavy (non-hydrogen) atoms. The normalized spacial score (nSPS) is 16.2. The maximum atomic E-state index is 12.4. The smallest absolute Gasteiger partial charge is 0.326 e. The molecule has 1 aromatic heterocycles. The van der Waals surface area contributed by atoms with Crippen LogP contribution in [0.2, 0.25) is 0 Å². The van der Waals surface area contributed by atoms with E-state index >= 15 is 0 Å². The Labute approximate surface area is 148 Å². The highest BCUT2D eigenvalue weighted by Gasteiger charge is 2.40. The first kappa shape index (κ1) is 17.4. The van der Waals surface area contributed by atoms with Gasteiger partial charge in [-0.3, -0.25) is 15.1 Å². The molecule has 5 heteroatoms. The van der Waals surface area contributed by atoms with Gasteiger partial charge < -0.3 is 9.47 Å². The molecule has 0 atom stereocenters. The van der Waals surface area contributed by atoms with Crippen molar-refractivity contribution in [3.63, 3.8) is 0 Å². The lowest BCUT2D eigenvalue weighted by atomic mass is 9.81. The third kappa shape index (κ3) is 4.17. The number of methoxy groups -OCH3 is 1. The second-order valence-electron chi connectivity index (χ2n) is 6.39. The summed E-state index contributed by atoms with van der Waals surface area (Å²) in [6, 6.07) is 11.5. The Hall–Kier alpha value is -2.40. The predicted octanol–water partition coefficient (Wildman–Crippen LogP) is 3.84. The third-order valence-corrected chi connectivity index (χ3v) is 4.74. The summed E-state index contributed by atoms with van der Waals surface area (Å²) in [5.41, 5.74) is 0.411. The highest BCUT2D eigenvalue weighted by molar-refractivity contribution is 5.80. The van der Waals surface area contributed by atoms with Crippen molar-refractivity contribution in [3.05, 3.63) is 54.4 Å². The van der Waals surface area contributed by atoms with E-state index in [0.717, 1.165) is 37.0 Å². The molecule has 0 radical (unpaired) electrons. The number of hydrogen-bond donors (Lipinski definition) is 1. The molecule has 1 N–H and O–H groups in total. The lowest BCUT2D eigenvalue weighted by Gasteiger charge is -2.35. The summed E-state index contributed by atoms with van der Waals surface area (Å²) < 4.78 is 11.0.